The average Bonchev–Trinajstić information content (AvgIpc) is 2.95. The number of carbonyl (C=O) groups excluding carboxylic acids is 2. The minimum atomic E-state index is -3.78. The molecule has 9 heteroatoms. The topological polar surface area (TPSA) is 96.0 Å². The van der Waals surface area contributed by atoms with E-state index >= 15 is 0 Å². The lowest BCUT2D eigenvalue weighted by atomic mass is 9.97. The molecule has 0 bridgehead atoms. The van der Waals surface area contributed by atoms with Gasteiger partial charge in [0.15, 0.2) is 6.10 Å². The lowest BCUT2D eigenvalue weighted by Crippen LogP contribution is -2.54. The molecule has 2 amide bonds. The van der Waals surface area contributed by atoms with Gasteiger partial charge in [0, 0.05) is 19.6 Å². The molecule has 210 valence electrons. The van der Waals surface area contributed by atoms with E-state index in [4.69, 9.17) is 4.74 Å². The third-order valence-corrected chi connectivity index (χ3v) is 9.75. The summed E-state index contributed by atoms with van der Waals surface area (Å²) < 4.78 is 34.9. The standard InChI is InChI=1S/C31H35N3O5S/c1-21-16-22(2)29(23(3)17-21)40(37,38)33-15-9-12-25(19-33)31(36)34-20-28(39-27-14-8-7-13-26(27)34)30(35)32-18-24-10-5-4-6-11-24/h4-8,10-11,13-14,16-17,25,28H,9,12,15,18-20H2,1-3H3,(H,32,35)/t25-,28+/m1/s1. The number of rotatable bonds is 6. The summed E-state index contributed by atoms with van der Waals surface area (Å²) in [5.74, 6) is -0.592. The monoisotopic (exact) mass is 561 g/mol. The number of aryl methyl sites for hydroxylation is 3. The third-order valence-electron chi connectivity index (χ3n) is 7.58. The van der Waals surface area contributed by atoms with Crippen LogP contribution in [0.25, 0.3) is 0 Å². The van der Waals surface area contributed by atoms with Gasteiger partial charge in [0.1, 0.15) is 5.75 Å². The van der Waals surface area contributed by atoms with Crippen molar-refractivity contribution in [2.45, 2.75) is 51.2 Å². The van der Waals surface area contributed by atoms with Crippen molar-refractivity contribution in [3.63, 3.8) is 0 Å². The molecular formula is C31H35N3O5S. The van der Waals surface area contributed by atoms with Crippen LogP contribution >= 0.6 is 0 Å². The van der Waals surface area contributed by atoms with E-state index in [9.17, 15) is 18.0 Å². The van der Waals surface area contributed by atoms with Gasteiger partial charge in [0.05, 0.1) is 23.0 Å². The van der Waals surface area contributed by atoms with Crippen LogP contribution in [0.3, 0.4) is 0 Å². The lowest BCUT2D eigenvalue weighted by molar-refractivity contribution is -0.129. The minimum Gasteiger partial charge on any atom is -0.477 e. The van der Waals surface area contributed by atoms with Gasteiger partial charge in [-0.2, -0.15) is 4.31 Å². The van der Waals surface area contributed by atoms with Crippen molar-refractivity contribution in [3.05, 3.63) is 89.0 Å². The molecule has 0 unspecified atom stereocenters. The van der Waals surface area contributed by atoms with Crippen molar-refractivity contribution in [1.29, 1.82) is 0 Å². The molecule has 2 atom stereocenters. The van der Waals surface area contributed by atoms with Crippen molar-refractivity contribution in [2.75, 3.05) is 24.5 Å². The molecule has 5 rings (SSSR count). The van der Waals surface area contributed by atoms with Crippen molar-refractivity contribution in [1.82, 2.24) is 9.62 Å². The molecule has 3 aromatic carbocycles. The second kappa shape index (κ2) is 11.4. The largest absolute Gasteiger partial charge is 0.477 e. The second-order valence-electron chi connectivity index (χ2n) is 10.7. The maximum Gasteiger partial charge on any atom is 0.263 e. The molecule has 0 saturated carbocycles. The Bertz CT molecular complexity index is 1500. The highest BCUT2D eigenvalue weighted by molar-refractivity contribution is 7.89. The molecule has 2 aliphatic heterocycles. The van der Waals surface area contributed by atoms with E-state index in [0.717, 1.165) is 11.1 Å². The van der Waals surface area contributed by atoms with Crippen LogP contribution < -0.4 is 15.0 Å². The van der Waals surface area contributed by atoms with Gasteiger partial charge in [0.25, 0.3) is 5.91 Å². The normalized spacial score (nSPS) is 19.4. The molecule has 0 aromatic heterocycles. The highest BCUT2D eigenvalue weighted by Crippen LogP contribution is 2.36. The second-order valence-corrected chi connectivity index (χ2v) is 12.5. The van der Waals surface area contributed by atoms with Gasteiger partial charge in [-0.05, 0) is 62.4 Å². The van der Waals surface area contributed by atoms with Crippen molar-refractivity contribution >= 4 is 27.5 Å². The number of amides is 2. The Labute approximate surface area is 236 Å². The molecule has 0 aliphatic carbocycles. The van der Waals surface area contributed by atoms with Gasteiger partial charge in [-0.25, -0.2) is 8.42 Å². The van der Waals surface area contributed by atoms with Gasteiger partial charge in [-0.3, -0.25) is 9.59 Å². The first-order valence-corrected chi connectivity index (χ1v) is 15.1. The van der Waals surface area contributed by atoms with E-state index < -0.39 is 22.0 Å². The fraction of sp³-hybridized carbons (Fsp3) is 0.355. The lowest BCUT2D eigenvalue weighted by Gasteiger charge is -2.38. The SMILES string of the molecule is Cc1cc(C)c(S(=O)(=O)N2CCC[C@@H](C(=O)N3C[C@@H](C(=O)NCc4ccccc4)Oc4ccccc43)C2)c(C)c1. The Morgan fingerprint density at radius 3 is 2.35 bits per heavy atom. The van der Waals surface area contributed by atoms with Crippen LogP contribution in [-0.4, -0.2) is 50.3 Å². The first kappa shape index (κ1) is 27.9. The quantitative estimate of drug-likeness (QED) is 0.489. The summed E-state index contributed by atoms with van der Waals surface area (Å²) in [5, 5.41) is 2.91. The van der Waals surface area contributed by atoms with Gasteiger partial charge in [-0.1, -0.05) is 60.2 Å². The Kier molecular flexibility index (Phi) is 7.96. The van der Waals surface area contributed by atoms with E-state index in [1.807, 2.05) is 69.3 Å². The fourth-order valence-electron chi connectivity index (χ4n) is 5.76. The molecular weight excluding hydrogens is 526 g/mol. The minimum absolute atomic E-state index is 0.0515. The van der Waals surface area contributed by atoms with Crippen LogP contribution in [0.1, 0.15) is 35.1 Å². The van der Waals surface area contributed by atoms with E-state index in [2.05, 4.69) is 5.32 Å². The van der Waals surface area contributed by atoms with Gasteiger partial charge in [-0.15, -0.1) is 0 Å². The van der Waals surface area contributed by atoms with Gasteiger partial charge >= 0.3 is 0 Å². The van der Waals surface area contributed by atoms with Crippen LogP contribution in [-0.2, 0) is 26.2 Å². The summed E-state index contributed by atoms with van der Waals surface area (Å²) in [6.45, 7) is 6.43. The molecule has 0 spiro atoms. The van der Waals surface area contributed by atoms with Crippen molar-refractivity contribution < 1.29 is 22.7 Å². The Morgan fingerprint density at radius 1 is 0.950 bits per heavy atom. The number of benzene rings is 3. The number of piperidine rings is 1. The molecule has 2 heterocycles. The zero-order valence-electron chi connectivity index (χ0n) is 23.1. The number of carbonyl (C=O) groups is 2. The van der Waals surface area contributed by atoms with Crippen LogP contribution in [0.4, 0.5) is 5.69 Å². The predicted molar refractivity (Wildman–Crippen MR) is 154 cm³/mol. The average molecular weight is 562 g/mol. The summed E-state index contributed by atoms with van der Waals surface area (Å²) in [5.41, 5.74) is 3.97. The molecule has 1 saturated heterocycles. The molecule has 3 aromatic rings. The van der Waals surface area contributed by atoms with E-state index in [1.54, 1.807) is 23.1 Å². The first-order valence-electron chi connectivity index (χ1n) is 13.6. The number of nitrogens with zero attached hydrogens (tertiary/aromatic N) is 2. The Balaban J connectivity index is 1.35. The van der Waals surface area contributed by atoms with Crippen LogP contribution in [0, 0.1) is 26.7 Å². The first-order chi connectivity index (χ1) is 19.1. The summed E-state index contributed by atoms with van der Waals surface area (Å²) in [4.78, 5) is 29.0. The van der Waals surface area contributed by atoms with E-state index in [-0.39, 0.29) is 24.9 Å². The molecule has 1 fully saturated rings. The third kappa shape index (κ3) is 5.62. The highest BCUT2D eigenvalue weighted by Gasteiger charge is 2.40. The number of para-hydroxylation sites is 2. The number of fused-ring (bicyclic) bond motifs is 1. The van der Waals surface area contributed by atoms with E-state index in [0.29, 0.717) is 53.4 Å². The number of hydrogen-bond donors (Lipinski definition) is 1. The van der Waals surface area contributed by atoms with Crippen LogP contribution in [0.15, 0.2) is 71.6 Å². The summed E-state index contributed by atoms with van der Waals surface area (Å²) in [7, 11) is -3.78. The maximum absolute atomic E-state index is 14.0. The molecule has 8 nitrogen and oxygen atoms in total. The number of nitrogens with one attached hydrogen (secondary N) is 1. The Morgan fingerprint density at radius 2 is 1.62 bits per heavy atom. The number of hydrogen-bond acceptors (Lipinski definition) is 5. The summed E-state index contributed by atoms with van der Waals surface area (Å²) in [6.07, 6.45) is 0.261. The predicted octanol–water partition coefficient (Wildman–Crippen LogP) is 4.12. The zero-order valence-corrected chi connectivity index (χ0v) is 23.9. The molecule has 1 N–H and O–H groups in total. The van der Waals surface area contributed by atoms with Gasteiger partial charge in [0.2, 0.25) is 15.9 Å². The number of ether oxygens (including phenoxy) is 1. The van der Waals surface area contributed by atoms with Crippen LogP contribution in [0.5, 0.6) is 5.75 Å². The number of anilines is 1. The summed E-state index contributed by atoms with van der Waals surface area (Å²) >= 11 is 0. The summed E-state index contributed by atoms with van der Waals surface area (Å²) in [6, 6.07) is 20.5. The smallest absolute Gasteiger partial charge is 0.263 e. The highest BCUT2D eigenvalue weighted by atomic mass is 32.2. The van der Waals surface area contributed by atoms with Crippen molar-refractivity contribution in [2.24, 2.45) is 5.92 Å². The Hall–Kier alpha value is -3.69. The molecule has 0 radical (unpaired) electrons. The van der Waals surface area contributed by atoms with Gasteiger partial charge < -0.3 is 15.0 Å². The molecule has 2 aliphatic rings. The van der Waals surface area contributed by atoms with E-state index in [1.165, 1.54) is 4.31 Å². The molecule has 40 heavy (non-hydrogen) atoms. The number of sulfonamides is 1. The zero-order chi connectivity index (χ0) is 28.4. The maximum atomic E-state index is 14.0. The van der Waals surface area contributed by atoms with Crippen molar-refractivity contribution in [3.8, 4) is 5.75 Å². The van der Waals surface area contributed by atoms with Crippen LogP contribution in [0.2, 0.25) is 0 Å². The fourth-order valence-corrected chi connectivity index (χ4v) is 7.70.